The van der Waals surface area contributed by atoms with Gasteiger partial charge in [0.05, 0.1) is 0 Å². The average molecular weight is 688 g/mol. The third-order valence-electron chi connectivity index (χ3n) is 10.3. The van der Waals surface area contributed by atoms with Crippen molar-refractivity contribution in [2.75, 3.05) is 0 Å². The maximum Gasteiger partial charge on any atom is 0.164 e. The second kappa shape index (κ2) is 13.4. The van der Waals surface area contributed by atoms with E-state index in [1.807, 2.05) is 36.4 Å². The summed E-state index contributed by atoms with van der Waals surface area (Å²) in [5.41, 5.74) is 9.84. The summed E-state index contributed by atoms with van der Waals surface area (Å²) in [6.07, 6.45) is 0. The summed E-state index contributed by atoms with van der Waals surface area (Å²) in [6, 6.07) is 70.6. The molecule has 0 atom stereocenters. The molecule has 1 aromatic heterocycles. The molecule has 0 saturated carbocycles. The van der Waals surface area contributed by atoms with Gasteiger partial charge < -0.3 is 0 Å². The zero-order valence-corrected chi connectivity index (χ0v) is 29.4. The quantitative estimate of drug-likeness (QED) is 0.129. The van der Waals surface area contributed by atoms with Crippen LogP contribution in [0.5, 0.6) is 0 Å². The minimum atomic E-state index is 0.636. The van der Waals surface area contributed by atoms with E-state index in [1.54, 1.807) is 0 Å². The van der Waals surface area contributed by atoms with Gasteiger partial charge in [0.2, 0.25) is 0 Å². The molecule has 3 nitrogen and oxygen atoms in total. The lowest BCUT2D eigenvalue weighted by atomic mass is 9.89. The number of aromatic nitrogens is 3. The van der Waals surface area contributed by atoms with Gasteiger partial charge in [-0.1, -0.05) is 188 Å². The zero-order valence-electron chi connectivity index (χ0n) is 29.4. The molecule has 0 spiro atoms. The molecule has 9 aromatic carbocycles. The average Bonchev–Trinajstić information content (AvgIpc) is 3.26. The van der Waals surface area contributed by atoms with Gasteiger partial charge in [0.25, 0.3) is 0 Å². The minimum Gasteiger partial charge on any atom is -0.208 e. The predicted molar refractivity (Wildman–Crippen MR) is 225 cm³/mol. The lowest BCUT2D eigenvalue weighted by Crippen LogP contribution is -2.00. The summed E-state index contributed by atoms with van der Waals surface area (Å²) in [5, 5.41) is 7.46. The Morgan fingerprint density at radius 3 is 1.39 bits per heavy atom. The molecule has 10 aromatic rings. The van der Waals surface area contributed by atoms with E-state index in [0.717, 1.165) is 33.4 Å². The summed E-state index contributed by atoms with van der Waals surface area (Å²) in [5.74, 6) is 1.92. The summed E-state index contributed by atoms with van der Waals surface area (Å²) >= 11 is 0. The molecule has 0 radical (unpaired) electrons. The van der Waals surface area contributed by atoms with Crippen molar-refractivity contribution in [2.45, 2.75) is 0 Å². The van der Waals surface area contributed by atoms with Crippen LogP contribution in [-0.4, -0.2) is 15.0 Å². The van der Waals surface area contributed by atoms with E-state index in [1.165, 1.54) is 49.0 Å². The van der Waals surface area contributed by atoms with Gasteiger partial charge in [0.15, 0.2) is 17.5 Å². The first kappa shape index (κ1) is 31.5. The van der Waals surface area contributed by atoms with Gasteiger partial charge in [-0.3, -0.25) is 0 Å². The first-order chi connectivity index (χ1) is 26.7. The topological polar surface area (TPSA) is 38.7 Å². The highest BCUT2D eigenvalue weighted by molar-refractivity contribution is 6.20. The molecule has 1 heterocycles. The first-order valence-corrected chi connectivity index (χ1v) is 18.3. The standard InChI is InChI=1S/C51H33N3/c1-3-12-34(13-4-1)35-22-24-36(25-23-35)41-18-11-19-43(32-41)51-53-49(39-15-5-2-6-16-39)52-50(54-51)40-28-26-38(27-29-40)48-45-21-10-8-17-42(45)33-47-44-20-9-7-14-37(44)30-31-46(47)48/h1-33H. The van der Waals surface area contributed by atoms with Gasteiger partial charge in [-0.2, -0.15) is 0 Å². The zero-order chi connectivity index (χ0) is 35.8. The number of rotatable bonds is 6. The summed E-state index contributed by atoms with van der Waals surface area (Å²) in [7, 11) is 0. The van der Waals surface area contributed by atoms with Gasteiger partial charge in [-0.25, -0.2) is 15.0 Å². The lowest BCUT2D eigenvalue weighted by Gasteiger charge is -2.14. The molecular formula is C51H33N3. The van der Waals surface area contributed by atoms with Crippen molar-refractivity contribution >= 4 is 32.3 Å². The maximum absolute atomic E-state index is 5.10. The van der Waals surface area contributed by atoms with Crippen LogP contribution in [0, 0.1) is 0 Å². The molecule has 0 aliphatic carbocycles. The molecule has 10 rings (SSSR count). The Balaban J connectivity index is 1.06. The number of fused-ring (bicyclic) bond motifs is 4. The van der Waals surface area contributed by atoms with Crippen molar-refractivity contribution in [2.24, 2.45) is 0 Å². The van der Waals surface area contributed by atoms with Crippen LogP contribution in [0.15, 0.2) is 200 Å². The van der Waals surface area contributed by atoms with Crippen LogP contribution in [0.25, 0.3) is 99.9 Å². The Labute approximate surface area is 313 Å². The SMILES string of the molecule is c1ccc(-c2ccc(-c3cccc(-c4nc(-c5ccccc5)nc(-c5ccc(-c6c7ccccc7cc7c6ccc6ccccc67)cc5)n4)c3)cc2)cc1. The molecule has 0 bridgehead atoms. The Hall–Kier alpha value is -7.23. The van der Waals surface area contributed by atoms with Crippen molar-refractivity contribution in [3.8, 4) is 67.5 Å². The highest BCUT2D eigenvalue weighted by Crippen LogP contribution is 2.40. The highest BCUT2D eigenvalue weighted by Gasteiger charge is 2.16. The van der Waals surface area contributed by atoms with Crippen LogP contribution in [0.2, 0.25) is 0 Å². The normalized spacial score (nSPS) is 11.3. The van der Waals surface area contributed by atoms with Crippen LogP contribution in [0.1, 0.15) is 0 Å². The minimum absolute atomic E-state index is 0.636. The molecule has 0 fully saturated rings. The molecule has 0 unspecified atom stereocenters. The summed E-state index contributed by atoms with van der Waals surface area (Å²) in [4.78, 5) is 15.2. The monoisotopic (exact) mass is 687 g/mol. The van der Waals surface area contributed by atoms with Crippen molar-refractivity contribution in [3.63, 3.8) is 0 Å². The molecule has 0 saturated heterocycles. The fourth-order valence-corrected chi connectivity index (χ4v) is 7.59. The van der Waals surface area contributed by atoms with Crippen molar-refractivity contribution in [1.82, 2.24) is 15.0 Å². The van der Waals surface area contributed by atoms with Crippen LogP contribution >= 0.6 is 0 Å². The fraction of sp³-hybridized carbons (Fsp3) is 0. The lowest BCUT2D eigenvalue weighted by molar-refractivity contribution is 1.07. The molecule has 0 aliphatic rings. The first-order valence-electron chi connectivity index (χ1n) is 18.3. The van der Waals surface area contributed by atoms with Crippen LogP contribution in [0.3, 0.4) is 0 Å². The molecule has 0 amide bonds. The molecule has 0 N–H and O–H groups in total. The molecule has 252 valence electrons. The van der Waals surface area contributed by atoms with Crippen LogP contribution in [-0.2, 0) is 0 Å². The number of benzene rings is 9. The second-order valence-electron chi connectivity index (χ2n) is 13.6. The van der Waals surface area contributed by atoms with E-state index < -0.39 is 0 Å². The maximum atomic E-state index is 5.10. The fourth-order valence-electron chi connectivity index (χ4n) is 7.59. The number of hydrogen-bond acceptors (Lipinski definition) is 3. The van der Waals surface area contributed by atoms with Crippen LogP contribution in [0.4, 0.5) is 0 Å². The van der Waals surface area contributed by atoms with Gasteiger partial charge in [0, 0.05) is 16.7 Å². The van der Waals surface area contributed by atoms with Gasteiger partial charge in [-0.05, 0) is 77.8 Å². The number of hydrogen-bond donors (Lipinski definition) is 0. The van der Waals surface area contributed by atoms with E-state index in [0.29, 0.717) is 17.5 Å². The van der Waals surface area contributed by atoms with Gasteiger partial charge in [-0.15, -0.1) is 0 Å². The predicted octanol–water partition coefficient (Wildman–Crippen LogP) is 13.3. The molecular weight excluding hydrogens is 655 g/mol. The van der Waals surface area contributed by atoms with Gasteiger partial charge in [0.1, 0.15) is 0 Å². The Morgan fingerprint density at radius 2 is 0.685 bits per heavy atom. The van der Waals surface area contributed by atoms with E-state index in [4.69, 9.17) is 15.0 Å². The second-order valence-corrected chi connectivity index (χ2v) is 13.6. The molecule has 0 aliphatic heterocycles. The van der Waals surface area contributed by atoms with Crippen molar-refractivity contribution in [3.05, 3.63) is 200 Å². The van der Waals surface area contributed by atoms with Crippen LogP contribution < -0.4 is 0 Å². The van der Waals surface area contributed by atoms with E-state index >= 15 is 0 Å². The van der Waals surface area contributed by atoms with Crippen molar-refractivity contribution < 1.29 is 0 Å². The largest absolute Gasteiger partial charge is 0.208 e. The summed E-state index contributed by atoms with van der Waals surface area (Å²) < 4.78 is 0. The Bertz CT molecular complexity index is 2950. The molecule has 3 heteroatoms. The third kappa shape index (κ3) is 5.78. The van der Waals surface area contributed by atoms with E-state index in [9.17, 15) is 0 Å². The Kier molecular flexibility index (Phi) is 7.81. The third-order valence-corrected chi connectivity index (χ3v) is 10.3. The van der Waals surface area contributed by atoms with E-state index in [2.05, 4.69) is 164 Å². The molecule has 54 heavy (non-hydrogen) atoms. The highest BCUT2D eigenvalue weighted by atomic mass is 15.0. The van der Waals surface area contributed by atoms with Crippen molar-refractivity contribution in [1.29, 1.82) is 0 Å². The smallest absolute Gasteiger partial charge is 0.164 e. The summed E-state index contributed by atoms with van der Waals surface area (Å²) in [6.45, 7) is 0. The van der Waals surface area contributed by atoms with E-state index in [-0.39, 0.29) is 0 Å². The Morgan fingerprint density at radius 1 is 0.222 bits per heavy atom. The number of nitrogens with zero attached hydrogens (tertiary/aromatic N) is 3. The van der Waals surface area contributed by atoms with Gasteiger partial charge >= 0.3 is 0 Å².